The van der Waals surface area contributed by atoms with Crippen LogP contribution in [-0.4, -0.2) is 19.2 Å². The summed E-state index contributed by atoms with van der Waals surface area (Å²) >= 11 is 0. The fourth-order valence-electron chi connectivity index (χ4n) is 1.61. The maximum absolute atomic E-state index is 11.8. The van der Waals surface area contributed by atoms with Gasteiger partial charge in [-0.2, -0.15) is 0 Å². The van der Waals surface area contributed by atoms with E-state index in [9.17, 15) is 4.79 Å². The molecule has 0 N–H and O–H groups in total. The number of rotatable bonds is 6. The normalized spacial score (nSPS) is 10.5. The molecule has 0 fully saturated rings. The molecule has 1 aromatic carbocycles. The first-order valence-corrected chi connectivity index (χ1v) is 6.45. The van der Waals surface area contributed by atoms with Gasteiger partial charge in [-0.1, -0.05) is 26.0 Å². The summed E-state index contributed by atoms with van der Waals surface area (Å²) in [6, 6.07) is 5.53. The summed E-state index contributed by atoms with van der Waals surface area (Å²) in [6.07, 6.45) is 0.969. The Labute approximate surface area is 109 Å². The van der Waals surface area contributed by atoms with E-state index in [0.29, 0.717) is 30.4 Å². The number of esters is 1. The minimum absolute atomic E-state index is 0.319. The average Bonchev–Trinajstić information content (AvgIpc) is 2.31. The zero-order valence-electron chi connectivity index (χ0n) is 11.7. The van der Waals surface area contributed by atoms with Crippen LogP contribution >= 0.6 is 0 Å². The number of carbonyl (C=O) groups is 1. The number of hydrogen-bond acceptors (Lipinski definition) is 3. The Hall–Kier alpha value is -1.51. The van der Waals surface area contributed by atoms with Crippen LogP contribution in [-0.2, 0) is 4.74 Å². The Morgan fingerprint density at radius 3 is 2.67 bits per heavy atom. The maximum Gasteiger partial charge on any atom is 0.341 e. The van der Waals surface area contributed by atoms with Crippen LogP contribution in [0, 0.1) is 12.8 Å². The Kier molecular flexibility index (Phi) is 5.69. The van der Waals surface area contributed by atoms with Crippen molar-refractivity contribution in [3.63, 3.8) is 0 Å². The van der Waals surface area contributed by atoms with Gasteiger partial charge in [0.25, 0.3) is 0 Å². The van der Waals surface area contributed by atoms with Gasteiger partial charge in [0.05, 0.1) is 13.2 Å². The molecular formula is C15H22O3. The lowest BCUT2D eigenvalue weighted by Crippen LogP contribution is -2.10. The molecule has 0 radical (unpaired) electrons. The third-order valence-corrected chi connectivity index (χ3v) is 2.65. The summed E-state index contributed by atoms with van der Waals surface area (Å²) in [7, 11) is 0. The molecule has 0 amide bonds. The molecule has 0 aliphatic heterocycles. The van der Waals surface area contributed by atoms with Crippen molar-refractivity contribution in [2.75, 3.05) is 13.2 Å². The zero-order chi connectivity index (χ0) is 13.5. The van der Waals surface area contributed by atoms with Gasteiger partial charge in [0.1, 0.15) is 11.3 Å². The van der Waals surface area contributed by atoms with Crippen LogP contribution in [0.1, 0.15) is 43.1 Å². The molecular weight excluding hydrogens is 228 g/mol. The Bertz CT molecular complexity index is 397. The number of benzene rings is 1. The van der Waals surface area contributed by atoms with E-state index >= 15 is 0 Å². The summed E-state index contributed by atoms with van der Waals surface area (Å²) in [5.74, 6) is 0.914. The van der Waals surface area contributed by atoms with Gasteiger partial charge in [-0.3, -0.25) is 0 Å². The van der Waals surface area contributed by atoms with E-state index in [-0.39, 0.29) is 5.97 Å². The van der Waals surface area contributed by atoms with E-state index in [1.165, 1.54) is 0 Å². The molecule has 3 heteroatoms. The molecule has 0 heterocycles. The van der Waals surface area contributed by atoms with Crippen molar-refractivity contribution < 1.29 is 14.3 Å². The number of carbonyl (C=O) groups excluding carboxylic acids is 1. The Balaban J connectivity index is 2.83. The minimum atomic E-state index is -0.319. The molecule has 0 saturated carbocycles. The highest BCUT2D eigenvalue weighted by Crippen LogP contribution is 2.24. The standard InChI is InChI=1S/C15H22O3/c1-5-17-15(16)13-8-6-7-12(4)14(13)18-10-9-11(2)3/h6-8,11H,5,9-10H2,1-4H3. The van der Waals surface area contributed by atoms with E-state index in [0.717, 1.165) is 12.0 Å². The predicted molar refractivity (Wildman–Crippen MR) is 72.1 cm³/mol. The quantitative estimate of drug-likeness (QED) is 0.724. The third kappa shape index (κ3) is 4.06. The lowest BCUT2D eigenvalue weighted by molar-refractivity contribution is 0.0521. The van der Waals surface area contributed by atoms with Gasteiger partial charge >= 0.3 is 5.97 Å². The van der Waals surface area contributed by atoms with Gasteiger partial charge in [0.2, 0.25) is 0 Å². The maximum atomic E-state index is 11.8. The SMILES string of the molecule is CCOC(=O)c1cccc(C)c1OCCC(C)C. The second-order valence-electron chi connectivity index (χ2n) is 4.70. The third-order valence-electron chi connectivity index (χ3n) is 2.65. The van der Waals surface area contributed by atoms with E-state index in [2.05, 4.69) is 13.8 Å². The zero-order valence-corrected chi connectivity index (χ0v) is 11.7. The van der Waals surface area contributed by atoms with Crippen LogP contribution < -0.4 is 4.74 Å². The van der Waals surface area contributed by atoms with Crippen LogP contribution in [0.4, 0.5) is 0 Å². The summed E-state index contributed by atoms with van der Waals surface area (Å²) in [6.45, 7) is 9.02. The molecule has 1 rings (SSSR count). The lowest BCUT2D eigenvalue weighted by atomic mass is 10.1. The van der Waals surface area contributed by atoms with Crippen molar-refractivity contribution in [1.82, 2.24) is 0 Å². The second-order valence-corrected chi connectivity index (χ2v) is 4.70. The van der Waals surface area contributed by atoms with Crippen LogP contribution in [0.5, 0.6) is 5.75 Å². The smallest absolute Gasteiger partial charge is 0.341 e. The molecule has 0 aliphatic carbocycles. The van der Waals surface area contributed by atoms with Crippen LogP contribution in [0.2, 0.25) is 0 Å². The van der Waals surface area contributed by atoms with Crippen LogP contribution in [0.15, 0.2) is 18.2 Å². The Morgan fingerprint density at radius 1 is 1.33 bits per heavy atom. The summed E-state index contributed by atoms with van der Waals surface area (Å²) < 4.78 is 10.8. The number of aryl methyl sites for hydroxylation is 1. The fourth-order valence-corrected chi connectivity index (χ4v) is 1.61. The summed E-state index contributed by atoms with van der Waals surface area (Å²) in [5, 5.41) is 0. The molecule has 1 aromatic rings. The molecule has 18 heavy (non-hydrogen) atoms. The van der Waals surface area contributed by atoms with Gasteiger partial charge < -0.3 is 9.47 Å². The van der Waals surface area contributed by atoms with Crippen molar-refractivity contribution in [1.29, 1.82) is 0 Å². The minimum Gasteiger partial charge on any atom is -0.492 e. The van der Waals surface area contributed by atoms with E-state index in [1.807, 2.05) is 19.1 Å². The fraction of sp³-hybridized carbons (Fsp3) is 0.533. The molecule has 0 aromatic heterocycles. The molecule has 3 nitrogen and oxygen atoms in total. The molecule has 0 saturated heterocycles. The molecule has 0 unspecified atom stereocenters. The monoisotopic (exact) mass is 250 g/mol. The van der Waals surface area contributed by atoms with Crippen LogP contribution in [0.3, 0.4) is 0 Å². The van der Waals surface area contributed by atoms with Crippen LogP contribution in [0.25, 0.3) is 0 Å². The Morgan fingerprint density at radius 2 is 2.06 bits per heavy atom. The van der Waals surface area contributed by atoms with Crippen molar-refractivity contribution in [2.45, 2.75) is 34.1 Å². The van der Waals surface area contributed by atoms with Crippen molar-refractivity contribution in [2.24, 2.45) is 5.92 Å². The first-order chi connectivity index (χ1) is 8.56. The van der Waals surface area contributed by atoms with E-state index in [4.69, 9.17) is 9.47 Å². The van der Waals surface area contributed by atoms with Gasteiger partial charge in [-0.15, -0.1) is 0 Å². The number of hydrogen-bond donors (Lipinski definition) is 0. The van der Waals surface area contributed by atoms with E-state index < -0.39 is 0 Å². The van der Waals surface area contributed by atoms with Gasteiger partial charge in [-0.05, 0) is 37.8 Å². The molecule has 100 valence electrons. The van der Waals surface area contributed by atoms with Crippen molar-refractivity contribution >= 4 is 5.97 Å². The highest BCUT2D eigenvalue weighted by Gasteiger charge is 2.15. The number of ether oxygens (including phenoxy) is 2. The van der Waals surface area contributed by atoms with Crippen molar-refractivity contribution in [3.8, 4) is 5.75 Å². The lowest BCUT2D eigenvalue weighted by Gasteiger charge is -2.14. The molecule has 0 atom stereocenters. The van der Waals surface area contributed by atoms with Gasteiger partial charge in [0.15, 0.2) is 0 Å². The first kappa shape index (κ1) is 14.6. The van der Waals surface area contributed by atoms with E-state index in [1.54, 1.807) is 13.0 Å². The number of para-hydroxylation sites is 1. The largest absolute Gasteiger partial charge is 0.492 e. The topological polar surface area (TPSA) is 35.5 Å². The summed E-state index contributed by atoms with van der Waals surface area (Å²) in [4.78, 5) is 11.8. The first-order valence-electron chi connectivity index (χ1n) is 6.45. The van der Waals surface area contributed by atoms with Crippen molar-refractivity contribution in [3.05, 3.63) is 29.3 Å². The molecule has 0 aliphatic rings. The van der Waals surface area contributed by atoms with Gasteiger partial charge in [-0.25, -0.2) is 4.79 Å². The molecule has 0 spiro atoms. The molecule has 0 bridgehead atoms. The highest BCUT2D eigenvalue weighted by molar-refractivity contribution is 5.93. The summed E-state index contributed by atoms with van der Waals surface area (Å²) in [5.41, 5.74) is 1.48. The van der Waals surface area contributed by atoms with Gasteiger partial charge in [0, 0.05) is 0 Å². The average molecular weight is 250 g/mol. The highest BCUT2D eigenvalue weighted by atomic mass is 16.5. The predicted octanol–water partition coefficient (Wildman–Crippen LogP) is 3.60. The second kappa shape index (κ2) is 7.04.